The maximum atomic E-state index is 12.2. The lowest BCUT2D eigenvalue weighted by molar-refractivity contribution is -0.137. The van der Waals surface area contributed by atoms with Crippen LogP contribution in [0.4, 0.5) is 0 Å². The van der Waals surface area contributed by atoms with Gasteiger partial charge in [-0.2, -0.15) is 0 Å². The van der Waals surface area contributed by atoms with Crippen molar-refractivity contribution in [2.75, 3.05) is 6.61 Å². The number of hydrogen-bond acceptors (Lipinski definition) is 8. The Labute approximate surface area is 280 Å². The third kappa shape index (κ3) is 9.12. The lowest BCUT2D eigenvalue weighted by Crippen LogP contribution is -2.23. The number of carboxylic acid groups (broad SMARTS) is 1. The van der Waals surface area contributed by atoms with Gasteiger partial charge in [0.25, 0.3) is 0 Å². The fraction of sp³-hybridized carbons (Fsp3) is 0.514. The SMILES string of the molecule is C.CCc1c(C)c2c(c(O)c1C/C=C(\C)CCC(=O)O)C(=O)OC2.CCc1c(C)c2c(c(OCC[Si](C)(C)C)c1CC=O)C(=O)OC2. The number of fused-ring (bicyclic) bond motifs is 2. The zero-order valence-corrected chi connectivity index (χ0v) is 29.5. The number of phenols is 1. The highest BCUT2D eigenvalue weighted by atomic mass is 28.3. The number of phenolic OH excluding ortho intramolecular Hbond substituents is 1. The van der Waals surface area contributed by atoms with Gasteiger partial charge in [0, 0.05) is 43.2 Å². The molecule has 0 fully saturated rings. The van der Waals surface area contributed by atoms with Gasteiger partial charge in [-0.25, -0.2) is 9.59 Å². The summed E-state index contributed by atoms with van der Waals surface area (Å²) in [4.78, 5) is 45.8. The first-order valence-corrected chi connectivity index (χ1v) is 19.7. The molecule has 0 unspecified atom stereocenters. The standard InChI is InChI=1S/C18H22O5.C18H26O4Si.CH4/c1-4-12-11(3)14-9-23-18(22)16(14)17(21)13(12)7-5-10(2)6-8-15(19)20;1-6-13-12(2)15-11-22-18(20)16(15)17(14(13)7-8-19)21-9-10-23(3,4)5;/h5,21H,4,6-9H2,1-3H3,(H,19,20);8H,6-7,9-11H2,1-5H3;1H4/b10-5+;;. The Hall–Kier alpha value is -3.92. The number of carboxylic acids is 1. The molecular formula is C37H52O9Si. The number of benzene rings is 2. The molecule has 0 aromatic heterocycles. The van der Waals surface area contributed by atoms with E-state index in [1.54, 1.807) is 0 Å². The van der Waals surface area contributed by atoms with Crippen molar-refractivity contribution < 1.29 is 43.6 Å². The van der Waals surface area contributed by atoms with Crippen molar-refractivity contribution in [3.05, 3.63) is 67.3 Å². The molecule has 2 aliphatic heterocycles. The molecule has 258 valence electrons. The van der Waals surface area contributed by atoms with Gasteiger partial charge in [0.1, 0.15) is 42.1 Å². The molecule has 2 aromatic rings. The van der Waals surface area contributed by atoms with Crippen molar-refractivity contribution in [2.24, 2.45) is 0 Å². The van der Waals surface area contributed by atoms with Gasteiger partial charge in [0.2, 0.25) is 0 Å². The van der Waals surface area contributed by atoms with Gasteiger partial charge < -0.3 is 29.2 Å². The highest BCUT2D eigenvalue weighted by Crippen LogP contribution is 2.40. The number of ether oxygens (including phenoxy) is 3. The third-order valence-electron chi connectivity index (χ3n) is 8.75. The van der Waals surface area contributed by atoms with Crippen LogP contribution in [-0.4, -0.2) is 49.1 Å². The maximum Gasteiger partial charge on any atom is 0.342 e. The van der Waals surface area contributed by atoms with Gasteiger partial charge in [-0.15, -0.1) is 0 Å². The molecule has 0 saturated carbocycles. The number of cyclic esters (lactones) is 2. The first kappa shape index (κ1) is 39.3. The van der Waals surface area contributed by atoms with Crippen LogP contribution in [0.5, 0.6) is 11.5 Å². The quantitative estimate of drug-likeness (QED) is 0.0956. The third-order valence-corrected chi connectivity index (χ3v) is 10.5. The van der Waals surface area contributed by atoms with Crippen LogP contribution in [0.2, 0.25) is 25.7 Å². The van der Waals surface area contributed by atoms with Crippen LogP contribution in [0.15, 0.2) is 11.6 Å². The maximum absolute atomic E-state index is 12.2. The normalized spacial score (nSPS) is 13.5. The average Bonchev–Trinajstić information content (AvgIpc) is 3.57. The largest absolute Gasteiger partial charge is 0.507 e. The smallest absolute Gasteiger partial charge is 0.342 e. The topological polar surface area (TPSA) is 136 Å². The first-order valence-electron chi connectivity index (χ1n) is 16.0. The van der Waals surface area contributed by atoms with Crippen molar-refractivity contribution in [1.29, 1.82) is 0 Å². The summed E-state index contributed by atoms with van der Waals surface area (Å²) in [7, 11) is -1.23. The van der Waals surface area contributed by atoms with E-state index in [0.717, 1.165) is 75.3 Å². The Morgan fingerprint density at radius 2 is 1.40 bits per heavy atom. The van der Waals surface area contributed by atoms with Gasteiger partial charge >= 0.3 is 17.9 Å². The van der Waals surface area contributed by atoms with Crippen molar-refractivity contribution in [3.63, 3.8) is 0 Å². The molecule has 2 heterocycles. The number of carbonyl (C=O) groups excluding carboxylic acids is 3. The predicted octanol–water partition coefficient (Wildman–Crippen LogP) is 7.61. The molecule has 0 radical (unpaired) electrons. The number of aromatic hydroxyl groups is 1. The molecule has 0 atom stereocenters. The molecule has 0 bridgehead atoms. The van der Waals surface area contributed by atoms with E-state index in [1.807, 2.05) is 33.8 Å². The number of esters is 2. The summed E-state index contributed by atoms with van der Waals surface area (Å²) in [5, 5.41) is 19.2. The lowest BCUT2D eigenvalue weighted by Gasteiger charge is -2.21. The van der Waals surface area contributed by atoms with Crippen LogP contribution in [0, 0.1) is 13.8 Å². The second-order valence-corrected chi connectivity index (χ2v) is 18.7. The molecule has 47 heavy (non-hydrogen) atoms. The van der Waals surface area contributed by atoms with Crippen LogP contribution in [0.1, 0.15) is 106 Å². The number of allylic oxidation sites excluding steroid dienone is 2. The van der Waals surface area contributed by atoms with Crippen molar-refractivity contribution in [3.8, 4) is 11.5 Å². The summed E-state index contributed by atoms with van der Waals surface area (Å²) in [5.74, 6) is -1.05. The molecule has 0 spiro atoms. The zero-order chi connectivity index (χ0) is 34.3. The van der Waals surface area contributed by atoms with E-state index in [0.29, 0.717) is 37.4 Å². The zero-order valence-electron chi connectivity index (χ0n) is 28.5. The van der Waals surface area contributed by atoms with Gasteiger partial charge in [-0.3, -0.25) is 4.79 Å². The molecule has 0 saturated heterocycles. The number of hydrogen-bond donors (Lipinski definition) is 2. The van der Waals surface area contributed by atoms with Crippen LogP contribution >= 0.6 is 0 Å². The van der Waals surface area contributed by atoms with Crippen LogP contribution < -0.4 is 4.74 Å². The molecule has 0 aliphatic carbocycles. The van der Waals surface area contributed by atoms with E-state index in [-0.39, 0.29) is 44.2 Å². The van der Waals surface area contributed by atoms with Crippen LogP contribution in [0.3, 0.4) is 0 Å². The van der Waals surface area contributed by atoms with E-state index in [1.165, 1.54) is 0 Å². The fourth-order valence-electron chi connectivity index (χ4n) is 6.05. The Morgan fingerprint density at radius 1 is 0.872 bits per heavy atom. The summed E-state index contributed by atoms with van der Waals surface area (Å²) >= 11 is 0. The predicted molar refractivity (Wildman–Crippen MR) is 185 cm³/mol. The first-order chi connectivity index (χ1) is 21.7. The molecule has 2 aliphatic rings. The van der Waals surface area contributed by atoms with Crippen molar-refractivity contribution in [1.82, 2.24) is 0 Å². The van der Waals surface area contributed by atoms with Crippen molar-refractivity contribution in [2.45, 2.75) is 119 Å². The van der Waals surface area contributed by atoms with Crippen LogP contribution in [-0.2, 0) is 58.0 Å². The average molecular weight is 669 g/mol. The minimum absolute atomic E-state index is 0. The summed E-state index contributed by atoms with van der Waals surface area (Å²) in [6, 6.07) is 1.01. The number of aldehydes is 1. The Balaban J connectivity index is 0.000000320. The summed E-state index contributed by atoms with van der Waals surface area (Å²) in [5.41, 5.74) is 9.25. The molecule has 0 amide bonds. The molecule has 2 aromatic carbocycles. The molecule has 2 N–H and O–H groups in total. The van der Waals surface area contributed by atoms with Gasteiger partial charge in [-0.05, 0) is 74.8 Å². The van der Waals surface area contributed by atoms with E-state index in [9.17, 15) is 24.3 Å². The number of aliphatic carboxylic acids is 1. The van der Waals surface area contributed by atoms with Gasteiger partial charge in [-0.1, -0.05) is 52.6 Å². The van der Waals surface area contributed by atoms with E-state index < -0.39 is 20.0 Å². The molecular weight excluding hydrogens is 616 g/mol. The molecule has 9 nitrogen and oxygen atoms in total. The fourth-order valence-corrected chi connectivity index (χ4v) is 6.76. The Kier molecular flexibility index (Phi) is 14.0. The van der Waals surface area contributed by atoms with E-state index in [2.05, 4.69) is 26.6 Å². The monoisotopic (exact) mass is 668 g/mol. The minimum atomic E-state index is -1.23. The number of rotatable bonds is 13. The van der Waals surface area contributed by atoms with E-state index >= 15 is 0 Å². The Morgan fingerprint density at radius 3 is 1.91 bits per heavy atom. The van der Waals surface area contributed by atoms with Crippen molar-refractivity contribution >= 4 is 32.3 Å². The van der Waals surface area contributed by atoms with Crippen LogP contribution in [0.25, 0.3) is 0 Å². The molecule has 4 rings (SSSR count). The second kappa shape index (κ2) is 16.8. The van der Waals surface area contributed by atoms with Gasteiger partial charge in [0.15, 0.2) is 0 Å². The number of carbonyl (C=O) groups is 4. The summed E-state index contributed by atoms with van der Waals surface area (Å²) < 4.78 is 16.3. The lowest BCUT2D eigenvalue weighted by atomic mass is 9.89. The highest BCUT2D eigenvalue weighted by molar-refractivity contribution is 6.76. The summed E-state index contributed by atoms with van der Waals surface area (Å²) in [6.07, 6.45) is 5.66. The van der Waals surface area contributed by atoms with E-state index in [4.69, 9.17) is 19.3 Å². The summed E-state index contributed by atoms with van der Waals surface area (Å²) in [6.45, 7) is 17.9. The minimum Gasteiger partial charge on any atom is -0.507 e. The second-order valence-electron chi connectivity index (χ2n) is 13.1. The Bertz CT molecular complexity index is 1550. The highest BCUT2D eigenvalue weighted by Gasteiger charge is 2.33. The molecule has 10 heteroatoms. The van der Waals surface area contributed by atoms with Gasteiger partial charge in [0.05, 0.1) is 6.61 Å².